The van der Waals surface area contributed by atoms with Crippen molar-refractivity contribution < 1.29 is 4.79 Å². The van der Waals surface area contributed by atoms with Crippen LogP contribution in [0, 0.1) is 0 Å². The molecular weight excluding hydrogens is 305 g/mol. The number of benzene rings is 1. The summed E-state index contributed by atoms with van der Waals surface area (Å²) >= 11 is 9.00. The van der Waals surface area contributed by atoms with Gasteiger partial charge in [0.15, 0.2) is 0 Å². The Balaban J connectivity index is 2.20. The summed E-state index contributed by atoms with van der Waals surface area (Å²) in [6, 6.07) is 8.61. The smallest absolute Gasteiger partial charge is 0.257 e. The molecule has 0 saturated carbocycles. The van der Waals surface area contributed by atoms with E-state index < -0.39 is 0 Å². The Morgan fingerprint density at radius 1 is 1.29 bits per heavy atom. The van der Waals surface area contributed by atoms with Gasteiger partial charge in [0.05, 0.1) is 5.56 Å². The van der Waals surface area contributed by atoms with Crippen molar-refractivity contribution in [2.75, 3.05) is 5.32 Å². The van der Waals surface area contributed by atoms with Gasteiger partial charge in [0.25, 0.3) is 5.91 Å². The molecule has 0 fully saturated rings. The fourth-order valence-corrected chi connectivity index (χ4v) is 1.84. The topological polar surface area (TPSA) is 54.9 Å². The lowest BCUT2D eigenvalue weighted by atomic mass is 10.2. The van der Waals surface area contributed by atoms with Crippen LogP contribution >= 0.6 is 27.5 Å². The third-order valence-corrected chi connectivity index (χ3v) is 2.89. The number of hydrogen-bond acceptors (Lipinski definition) is 3. The Labute approximate surface area is 111 Å². The van der Waals surface area contributed by atoms with Crippen LogP contribution in [0.4, 0.5) is 5.82 Å². The molecule has 0 aliphatic heterocycles. The predicted octanol–water partition coefficient (Wildman–Crippen LogP) is 3.14. The summed E-state index contributed by atoms with van der Waals surface area (Å²) in [5, 5.41) is 2.92. The molecule has 0 spiro atoms. The number of anilines is 1. The van der Waals surface area contributed by atoms with E-state index in [4.69, 9.17) is 11.6 Å². The first kappa shape index (κ1) is 12.0. The number of hydrogen-bond donors (Lipinski definition) is 1. The standard InChI is InChI=1S/C11H7BrClN3O/c12-8-4-2-1-3-7(8)11(17)16-10-5-9(13)14-6-15-10/h1-6H,(H,14,15,16,17). The number of rotatable bonds is 2. The molecule has 1 aromatic heterocycles. The molecule has 1 amide bonds. The molecule has 1 N–H and O–H groups in total. The third kappa shape index (κ3) is 3.01. The molecule has 2 aromatic rings. The number of carbonyl (C=O) groups excluding carboxylic acids is 1. The number of aromatic nitrogens is 2. The molecule has 86 valence electrons. The number of carbonyl (C=O) groups is 1. The molecule has 2 rings (SSSR count). The summed E-state index contributed by atoms with van der Waals surface area (Å²) in [4.78, 5) is 19.5. The summed E-state index contributed by atoms with van der Waals surface area (Å²) in [5.74, 6) is 0.109. The summed E-state index contributed by atoms with van der Waals surface area (Å²) in [7, 11) is 0. The first-order chi connectivity index (χ1) is 8.16. The second kappa shape index (κ2) is 5.25. The van der Waals surface area contributed by atoms with Gasteiger partial charge < -0.3 is 5.32 Å². The largest absolute Gasteiger partial charge is 0.306 e. The zero-order valence-corrected chi connectivity index (χ0v) is 10.9. The fourth-order valence-electron chi connectivity index (χ4n) is 1.23. The normalized spacial score (nSPS) is 10.0. The van der Waals surface area contributed by atoms with Gasteiger partial charge in [0, 0.05) is 10.5 Å². The predicted molar refractivity (Wildman–Crippen MR) is 69.1 cm³/mol. The van der Waals surface area contributed by atoms with Crippen molar-refractivity contribution in [1.82, 2.24) is 9.97 Å². The molecule has 1 aromatic carbocycles. The van der Waals surface area contributed by atoms with Crippen molar-refractivity contribution in [3.8, 4) is 0 Å². The van der Waals surface area contributed by atoms with Crippen molar-refractivity contribution in [2.24, 2.45) is 0 Å². The van der Waals surface area contributed by atoms with Gasteiger partial charge in [-0.1, -0.05) is 23.7 Å². The molecular formula is C11H7BrClN3O. The van der Waals surface area contributed by atoms with Crippen LogP contribution < -0.4 is 5.32 Å². The molecule has 0 aliphatic rings. The van der Waals surface area contributed by atoms with E-state index in [0.717, 1.165) is 4.47 Å². The van der Waals surface area contributed by atoms with Gasteiger partial charge in [-0.05, 0) is 28.1 Å². The maximum atomic E-state index is 11.9. The van der Waals surface area contributed by atoms with Gasteiger partial charge in [0.2, 0.25) is 0 Å². The average Bonchev–Trinajstić information content (AvgIpc) is 2.29. The first-order valence-electron chi connectivity index (χ1n) is 4.70. The van der Waals surface area contributed by atoms with E-state index in [-0.39, 0.29) is 11.1 Å². The minimum absolute atomic E-state index is 0.257. The quantitative estimate of drug-likeness (QED) is 0.867. The van der Waals surface area contributed by atoms with E-state index in [0.29, 0.717) is 11.4 Å². The maximum absolute atomic E-state index is 11.9. The maximum Gasteiger partial charge on any atom is 0.257 e. The van der Waals surface area contributed by atoms with Gasteiger partial charge in [-0.25, -0.2) is 9.97 Å². The Morgan fingerprint density at radius 3 is 2.76 bits per heavy atom. The summed E-state index contributed by atoms with van der Waals surface area (Å²) in [6.07, 6.45) is 1.29. The molecule has 4 nitrogen and oxygen atoms in total. The fraction of sp³-hybridized carbons (Fsp3) is 0. The second-order valence-corrected chi connectivity index (χ2v) is 4.40. The number of halogens is 2. The highest BCUT2D eigenvalue weighted by Gasteiger charge is 2.10. The Bertz CT molecular complexity index is 562. The van der Waals surface area contributed by atoms with Crippen molar-refractivity contribution in [1.29, 1.82) is 0 Å². The van der Waals surface area contributed by atoms with E-state index >= 15 is 0 Å². The molecule has 6 heteroatoms. The molecule has 0 bridgehead atoms. The number of nitrogens with zero attached hydrogens (tertiary/aromatic N) is 2. The highest BCUT2D eigenvalue weighted by molar-refractivity contribution is 9.10. The second-order valence-electron chi connectivity index (χ2n) is 3.16. The van der Waals surface area contributed by atoms with Gasteiger partial charge in [-0.3, -0.25) is 4.79 Å². The molecule has 0 radical (unpaired) electrons. The first-order valence-corrected chi connectivity index (χ1v) is 5.87. The van der Waals surface area contributed by atoms with Crippen LogP contribution in [0.5, 0.6) is 0 Å². The van der Waals surface area contributed by atoms with E-state index in [1.54, 1.807) is 18.2 Å². The minimum Gasteiger partial charge on any atom is -0.306 e. The Hall–Kier alpha value is -1.46. The van der Waals surface area contributed by atoms with Crippen molar-refractivity contribution in [2.45, 2.75) is 0 Å². The van der Waals surface area contributed by atoms with Crippen LogP contribution in [0.15, 0.2) is 41.1 Å². The molecule has 1 heterocycles. The van der Waals surface area contributed by atoms with Crippen LogP contribution in [0.3, 0.4) is 0 Å². The van der Waals surface area contributed by atoms with Crippen molar-refractivity contribution >= 4 is 39.3 Å². The Kier molecular flexibility index (Phi) is 3.71. The van der Waals surface area contributed by atoms with Crippen molar-refractivity contribution in [3.05, 3.63) is 51.8 Å². The number of nitrogens with one attached hydrogen (secondary N) is 1. The lowest BCUT2D eigenvalue weighted by Crippen LogP contribution is -2.13. The van der Waals surface area contributed by atoms with Gasteiger partial charge in [0.1, 0.15) is 17.3 Å². The van der Waals surface area contributed by atoms with Crippen LogP contribution in [0.25, 0.3) is 0 Å². The van der Waals surface area contributed by atoms with E-state index in [1.807, 2.05) is 6.07 Å². The SMILES string of the molecule is O=C(Nc1cc(Cl)ncn1)c1ccccc1Br. The van der Waals surface area contributed by atoms with E-state index in [9.17, 15) is 4.79 Å². The number of amides is 1. The summed E-state index contributed by atoms with van der Waals surface area (Å²) < 4.78 is 0.720. The van der Waals surface area contributed by atoms with Crippen LogP contribution in [-0.2, 0) is 0 Å². The van der Waals surface area contributed by atoms with E-state index in [2.05, 4.69) is 31.2 Å². The lowest BCUT2D eigenvalue weighted by molar-refractivity contribution is 0.102. The highest BCUT2D eigenvalue weighted by Crippen LogP contribution is 2.17. The molecule has 17 heavy (non-hydrogen) atoms. The molecule has 0 saturated heterocycles. The van der Waals surface area contributed by atoms with Crippen LogP contribution in [-0.4, -0.2) is 15.9 Å². The van der Waals surface area contributed by atoms with Crippen LogP contribution in [0.2, 0.25) is 5.15 Å². The molecule has 0 unspecified atom stereocenters. The summed E-state index contributed by atoms with van der Waals surface area (Å²) in [6.45, 7) is 0. The lowest BCUT2D eigenvalue weighted by Gasteiger charge is -2.05. The third-order valence-electron chi connectivity index (χ3n) is 1.99. The Morgan fingerprint density at radius 2 is 2.06 bits per heavy atom. The van der Waals surface area contributed by atoms with Gasteiger partial charge in [-0.15, -0.1) is 0 Å². The van der Waals surface area contributed by atoms with Gasteiger partial charge in [-0.2, -0.15) is 0 Å². The van der Waals surface area contributed by atoms with Gasteiger partial charge >= 0.3 is 0 Å². The minimum atomic E-state index is -0.257. The van der Waals surface area contributed by atoms with Crippen LogP contribution in [0.1, 0.15) is 10.4 Å². The zero-order valence-electron chi connectivity index (χ0n) is 8.52. The monoisotopic (exact) mass is 311 g/mol. The van der Waals surface area contributed by atoms with E-state index in [1.165, 1.54) is 12.4 Å². The molecule has 0 atom stereocenters. The average molecular weight is 313 g/mol. The van der Waals surface area contributed by atoms with Crippen molar-refractivity contribution in [3.63, 3.8) is 0 Å². The molecule has 0 aliphatic carbocycles. The summed E-state index contributed by atoms with van der Waals surface area (Å²) in [5.41, 5.74) is 0.530. The zero-order chi connectivity index (χ0) is 12.3. The highest BCUT2D eigenvalue weighted by atomic mass is 79.9.